The zero-order valence-corrected chi connectivity index (χ0v) is 17.8. The average molecular weight is 449 g/mol. The Morgan fingerprint density at radius 2 is 1.71 bits per heavy atom. The number of hydrogen-bond acceptors (Lipinski definition) is 4. The molecule has 1 aromatic heterocycles. The number of nitrogens with one attached hydrogen (secondary N) is 1. The first-order valence-electron chi connectivity index (χ1n) is 8.27. The van der Waals surface area contributed by atoms with Gasteiger partial charge in [-0.15, -0.1) is 11.3 Å². The van der Waals surface area contributed by atoms with Crippen LogP contribution in [0.1, 0.15) is 5.56 Å². The summed E-state index contributed by atoms with van der Waals surface area (Å²) < 4.78 is 28.7. The topological polar surface area (TPSA) is 59.1 Å². The summed E-state index contributed by atoms with van der Waals surface area (Å²) in [4.78, 5) is 4.72. The maximum atomic E-state index is 12.6. The number of fused-ring (bicyclic) bond motifs is 1. The van der Waals surface area contributed by atoms with Crippen molar-refractivity contribution in [2.75, 3.05) is 4.72 Å². The van der Waals surface area contributed by atoms with Crippen LogP contribution in [0.25, 0.3) is 20.8 Å². The minimum atomic E-state index is -3.72. The second-order valence-corrected chi connectivity index (χ2v) is 9.78. The molecule has 0 saturated carbocycles. The van der Waals surface area contributed by atoms with E-state index in [1.807, 2.05) is 37.3 Å². The molecule has 4 aromatic rings. The fourth-order valence-corrected chi connectivity index (χ4v) is 5.23. The zero-order chi connectivity index (χ0) is 19.9. The number of nitrogens with zero attached hydrogens (tertiary/aromatic N) is 1. The van der Waals surface area contributed by atoms with Gasteiger partial charge in [-0.25, -0.2) is 13.4 Å². The van der Waals surface area contributed by atoms with E-state index in [9.17, 15) is 8.42 Å². The molecular formula is C20H14Cl2N2O2S2. The Morgan fingerprint density at radius 3 is 2.43 bits per heavy atom. The number of rotatable bonds is 4. The fraction of sp³-hybridized carbons (Fsp3) is 0.0500. The van der Waals surface area contributed by atoms with E-state index in [2.05, 4.69) is 9.71 Å². The predicted molar refractivity (Wildman–Crippen MR) is 117 cm³/mol. The van der Waals surface area contributed by atoms with Gasteiger partial charge in [0.15, 0.2) is 0 Å². The van der Waals surface area contributed by atoms with Crippen LogP contribution in [-0.4, -0.2) is 13.4 Å². The van der Waals surface area contributed by atoms with Gasteiger partial charge in [-0.05, 0) is 67.1 Å². The Balaban J connectivity index is 1.59. The number of halogens is 2. The van der Waals surface area contributed by atoms with Crippen LogP contribution in [0, 0.1) is 6.92 Å². The third-order valence-corrected chi connectivity index (χ3v) is 7.28. The molecule has 142 valence electrons. The molecule has 1 heterocycles. The van der Waals surface area contributed by atoms with Gasteiger partial charge in [-0.3, -0.25) is 4.72 Å². The van der Waals surface area contributed by atoms with Crippen molar-refractivity contribution in [3.05, 3.63) is 76.3 Å². The first-order valence-corrected chi connectivity index (χ1v) is 11.3. The molecule has 4 nitrogen and oxygen atoms in total. The Morgan fingerprint density at radius 1 is 0.964 bits per heavy atom. The Labute approximate surface area is 176 Å². The summed E-state index contributed by atoms with van der Waals surface area (Å²) in [6.07, 6.45) is 0. The molecule has 0 spiro atoms. The standard InChI is InChI=1S/C20H14Cl2N2O2S2/c1-12-2-8-16(11-17(12)22)28(25,26)24-15-6-3-13(4-7-15)20-23-18-9-5-14(21)10-19(18)27-20/h2-11,24H,1H3. The largest absolute Gasteiger partial charge is 0.280 e. The van der Waals surface area contributed by atoms with Gasteiger partial charge in [-0.1, -0.05) is 29.3 Å². The first kappa shape index (κ1) is 19.2. The first-order chi connectivity index (χ1) is 13.3. The lowest BCUT2D eigenvalue weighted by atomic mass is 10.2. The van der Waals surface area contributed by atoms with Crippen molar-refractivity contribution >= 4 is 60.5 Å². The maximum absolute atomic E-state index is 12.6. The molecule has 0 radical (unpaired) electrons. The Hall–Kier alpha value is -2.12. The number of aromatic nitrogens is 1. The van der Waals surface area contributed by atoms with Crippen molar-refractivity contribution in [2.45, 2.75) is 11.8 Å². The summed E-state index contributed by atoms with van der Waals surface area (Å²) in [6.45, 7) is 1.82. The molecule has 0 fully saturated rings. The number of thiazole rings is 1. The van der Waals surface area contributed by atoms with E-state index in [-0.39, 0.29) is 4.90 Å². The number of hydrogen-bond donors (Lipinski definition) is 1. The van der Waals surface area contributed by atoms with Crippen molar-refractivity contribution in [3.63, 3.8) is 0 Å². The summed E-state index contributed by atoms with van der Waals surface area (Å²) in [5.41, 5.74) is 3.07. The molecule has 4 rings (SSSR count). The molecule has 0 aliphatic carbocycles. The molecule has 0 aliphatic rings. The van der Waals surface area contributed by atoms with Gasteiger partial charge in [0.1, 0.15) is 5.01 Å². The van der Waals surface area contributed by atoms with Crippen molar-refractivity contribution in [2.24, 2.45) is 0 Å². The van der Waals surface area contributed by atoms with E-state index in [1.165, 1.54) is 23.5 Å². The summed E-state index contributed by atoms with van der Waals surface area (Å²) in [5, 5.41) is 1.93. The van der Waals surface area contributed by atoms with Crippen LogP contribution in [0.2, 0.25) is 10.0 Å². The van der Waals surface area contributed by atoms with Crippen molar-refractivity contribution in [1.82, 2.24) is 4.98 Å². The van der Waals surface area contributed by atoms with Crippen LogP contribution >= 0.6 is 34.5 Å². The quantitative estimate of drug-likeness (QED) is 0.393. The predicted octanol–water partition coefficient (Wildman–Crippen LogP) is 6.38. The molecule has 0 atom stereocenters. The minimum absolute atomic E-state index is 0.121. The van der Waals surface area contributed by atoms with Gasteiger partial charge in [-0.2, -0.15) is 0 Å². The zero-order valence-electron chi connectivity index (χ0n) is 14.6. The van der Waals surface area contributed by atoms with Gasteiger partial charge < -0.3 is 0 Å². The van der Waals surface area contributed by atoms with Crippen LogP contribution in [0.3, 0.4) is 0 Å². The monoisotopic (exact) mass is 448 g/mol. The maximum Gasteiger partial charge on any atom is 0.261 e. The van der Waals surface area contributed by atoms with Crippen molar-refractivity contribution in [1.29, 1.82) is 0 Å². The number of anilines is 1. The van der Waals surface area contributed by atoms with Crippen LogP contribution < -0.4 is 4.72 Å². The highest BCUT2D eigenvalue weighted by atomic mass is 35.5. The lowest BCUT2D eigenvalue weighted by Crippen LogP contribution is -2.12. The SMILES string of the molecule is Cc1ccc(S(=O)(=O)Nc2ccc(-c3nc4ccc(Cl)cc4s3)cc2)cc1Cl. The molecule has 8 heteroatoms. The fourth-order valence-electron chi connectivity index (χ4n) is 2.66. The van der Waals surface area contributed by atoms with E-state index in [4.69, 9.17) is 23.2 Å². The van der Waals surface area contributed by atoms with E-state index in [0.717, 1.165) is 26.4 Å². The molecule has 0 bridgehead atoms. The van der Waals surface area contributed by atoms with E-state index in [0.29, 0.717) is 15.7 Å². The molecule has 0 saturated heterocycles. The van der Waals surface area contributed by atoms with Crippen molar-refractivity contribution in [3.8, 4) is 10.6 Å². The van der Waals surface area contributed by atoms with E-state index < -0.39 is 10.0 Å². The molecular weight excluding hydrogens is 435 g/mol. The van der Waals surface area contributed by atoms with Crippen molar-refractivity contribution < 1.29 is 8.42 Å². The second kappa shape index (κ2) is 7.37. The minimum Gasteiger partial charge on any atom is -0.280 e. The van der Waals surface area contributed by atoms with Crippen LogP contribution in [-0.2, 0) is 10.0 Å². The van der Waals surface area contributed by atoms with Gasteiger partial charge in [0.2, 0.25) is 0 Å². The van der Waals surface area contributed by atoms with Gasteiger partial charge in [0.05, 0.1) is 15.1 Å². The molecule has 28 heavy (non-hydrogen) atoms. The third-order valence-electron chi connectivity index (χ3n) is 4.19. The normalized spacial score (nSPS) is 11.7. The third kappa shape index (κ3) is 3.86. The van der Waals surface area contributed by atoms with Gasteiger partial charge >= 0.3 is 0 Å². The number of aryl methyl sites for hydroxylation is 1. The molecule has 0 amide bonds. The smallest absolute Gasteiger partial charge is 0.261 e. The number of benzene rings is 3. The molecule has 0 unspecified atom stereocenters. The van der Waals surface area contributed by atoms with E-state index >= 15 is 0 Å². The highest BCUT2D eigenvalue weighted by Crippen LogP contribution is 2.32. The Bertz CT molecular complexity index is 1280. The Kier molecular flexibility index (Phi) is 5.05. The van der Waals surface area contributed by atoms with Crippen LogP contribution in [0.15, 0.2) is 65.6 Å². The van der Waals surface area contributed by atoms with Crippen LogP contribution in [0.5, 0.6) is 0 Å². The van der Waals surface area contributed by atoms with Gasteiger partial charge in [0, 0.05) is 21.3 Å². The molecule has 1 N–H and O–H groups in total. The molecule has 0 aliphatic heterocycles. The highest BCUT2D eigenvalue weighted by molar-refractivity contribution is 7.92. The lowest BCUT2D eigenvalue weighted by Gasteiger charge is -2.09. The highest BCUT2D eigenvalue weighted by Gasteiger charge is 2.15. The second-order valence-electron chi connectivity index (χ2n) is 6.22. The summed E-state index contributed by atoms with van der Waals surface area (Å²) >= 11 is 13.6. The summed E-state index contributed by atoms with van der Waals surface area (Å²) in [7, 11) is -3.72. The molecule has 3 aromatic carbocycles. The summed E-state index contributed by atoms with van der Waals surface area (Å²) in [6, 6.07) is 17.3. The summed E-state index contributed by atoms with van der Waals surface area (Å²) in [5.74, 6) is 0. The lowest BCUT2D eigenvalue weighted by molar-refractivity contribution is 0.601. The number of sulfonamides is 1. The van der Waals surface area contributed by atoms with Gasteiger partial charge in [0.25, 0.3) is 10.0 Å². The van der Waals surface area contributed by atoms with Crippen LogP contribution in [0.4, 0.5) is 5.69 Å². The van der Waals surface area contributed by atoms with E-state index in [1.54, 1.807) is 18.2 Å². The average Bonchev–Trinajstić information content (AvgIpc) is 3.07.